The summed E-state index contributed by atoms with van der Waals surface area (Å²) < 4.78 is 27.6. The summed E-state index contributed by atoms with van der Waals surface area (Å²) >= 11 is 7.37. The van der Waals surface area contributed by atoms with E-state index in [2.05, 4.69) is 15.5 Å². The molecule has 1 N–H and O–H groups in total. The van der Waals surface area contributed by atoms with Gasteiger partial charge in [-0.05, 0) is 49.6 Å². The van der Waals surface area contributed by atoms with Gasteiger partial charge in [-0.15, -0.1) is 10.2 Å². The largest absolute Gasteiger partial charge is 0.320 e. The van der Waals surface area contributed by atoms with Gasteiger partial charge in [-0.2, -0.15) is 4.31 Å². The fraction of sp³-hybridized carbons (Fsp3) is 0.286. The first-order valence-corrected chi connectivity index (χ1v) is 12.4. The van der Waals surface area contributed by atoms with Crippen LogP contribution in [0.1, 0.15) is 39.1 Å². The predicted molar refractivity (Wildman–Crippen MR) is 121 cm³/mol. The van der Waals surface area contributed by atoms with Crippen molar-refractivity contribution < 1.29 is 13.2 Å². The third-order valence-electron chi connectivity index (χ3n) is 5.31. The average molecular weight is 477 g/mol. The molecule has 0 aliphatic carbocycles. The van der Waals surface area contributed by atoms with Crippen molar-refractivity contribution in [3.63, 3.8) is 0 Å². The Kier molecular flexibility index (Phi) is 6.38. The molecule has 0 spiro atoms. The van der Waals surface area contributed by atoms with Gasteiger partial charge in [-0.1, -0.05) is 47.2 Å². The number of nitrogens with one attached hydrogen (secondary N) is 1. The molecular weight excluding hydrogens is 456 g/mol. The highest BCUT2D eigenvalue weighted by molar-refractivity contribution is 7.89. The van der Waals surface area contributed by atoms with Gasteiger partial charge in [0, 0.05) is 29.7 Å². The second-order valence-electron chi connectivity index (χ2n) is 7.31. The van der Waals surface area contributed by atoms with Gasteiger partial charge in [-0.3, -0.25) is 4.79 Å². The summed E-state index contributed by atoms with van der Waals surface area (Å²) in [5, 5.41) is 12.5. The second-order valence-corrected chi connectivity index (χ2v) is 10.6. The van der Waals surface area contributed by atoms with E-state index < -0.39 is 10.0 Å². The van der Waals surface area contributed by atoms with Gasteiger partial charge < -0.3 is 5.32 Å². The monoisotopic (exact) mass is 476 g/mol. The molecular formula is C21H21ClN4O3S2. The number of para-hydroxylation sites is 1. The average Bonchev–Trinajstić information content (AvgIpc) is 3.27. The number of sulfonamides is 1. The molecule has 2 heterocycles. The molecule has 4 rings (SSSR count). The number of carbonyl (C=O) groups is 1. The van der Waals surface area contributed by atoms with Crippen LogP contribution in [-0.2, 0) is 10.0 Å². The highest BCUT2D eigenvalue weighted by atomic mass is 35.5. The molecule has 7 nitrogen and oxygen atoms in total. The Labute approximate surface area is 190 Å². The lowest BCUT2D eigenvalue weighted by Crippen LogP contribution is -2.38. The van der Waals surface area contributed by atoms with Crippen molar-refractivity contribution in [2.24, 2.45) is 0 Å². The van der Waals surface area contributed by atoms with E-state index in [-0.39, 0.29) is 16.7 Å². The molecule has 0 radical (unpaired) electrons. The van der Waals surface area contributed by atoms with Gasteiger partial charge in [0.15, 0.2) is 0 Å². The molecule has 3 aromatic rings. The van der Waals surface area contributed by atoms with Gasteiger partial charge in [0.2, 0.25) is 15.0 Å². The molecule has 1 saturated heterocycles. The standard InChI is InChI=1S/C21H21ClN4O3S2/c1-14-17(22)8-5-9-18(14)31(28,29)26-12-10-15(11-13-26)20-24-25-21(30-20)19(27)23-16-6-3-2-4-7-16/h2-9,15H,10-13H2,1H3,(H,23,27). The molecule has 1 aliphatic heterocycles. The summed E-state index contributed by atoms with van der Waals surface area (Å²) in [4.78, 5) is 12.7. The second kappa shape index (κ2) is 9.04. The summed E-state index contributed by atoms with van der Waals surface area (Å²) in [5.74, 6) is -0.228. The number of rotatable bonds is 5. The first-order chi connectivity index (χ1) is 14.9. The first-order valence-electron chi connectivity index (χ1n) is 9.81. The number of benzene rings is 2. The van der Waals surface area contributed by atoms with Gasteiger partial charge in [0.25, 0.3) is 5.91 Å². The first kappa shape index (κ1) is 21.9. The molecule has 1 fully saturated rings. The third-order valence-corrected chi connectivity index (χ3v) is 8.84. The summed E-state index contributed by atoms with van der Waals surface area (Å²) in [6.07, 6.45) is 1.24. The highest BCUT2D eigenvalue weighted by Crippen LogP contribution is 2.33. The Balaban J connectivity index is 1.41. The maximum Gasteiger partial charge on any atom is 0.286 e. The van der Waals surface area contributed by atoms with E-state index in [1.807, 2.05) is 18.2 Å². The minimum atomic E-state index is -3.61. The normalized spacial score (nSPS) is 15.7. The van der Waals surface area contributed by atoms with Crippen LogP contribution in [0.4, 0.5) is 5.69 Å². The Hall–Kier alpha value is -2.33. The van der Waals surface area contributed by atoms with E-state index in [4.69, 9.17) is 11.6 Å². The van der Waals surface area contributed by atoms with Crippen LogP contribution in [0.25, 0.3) is 0 Å². The number of piperidine rings is 1. The molecule has 0 bridgehead atoms. The topological polar surface area (TPSA) is 92.3 Å². The lowest BCUT2D eigenvalue weighted by molar-refractivity contribution is 0.102. The van der Waals surface area contributed by atoms with Gasteiger partial charge in [0.05, 0.1) is 4.90 Å². The van der Waals surface area contributed by atoms with E-state index >= 15 is 0 Å². The minimum Gasteiger partial charge on any atom is -0.320 e. The SMILES string of the molecule is Cc1c(Cl)cccc1S(=O)(=O)N1CCC(c2nnc(C(=O)Nc3ccccc3)s2)CC1. The smallest absolute Gasteiger partial charge is 0.286 e. The Morgan fingerprint density at radius 1 is 1.10 bits per heavy atom. The van der Waals surface area contributed by atoms with Crippen LogP contribution in [0.2, 0.25) is 5.02 Å². The number of aromatic nitrogens is 2. The van der Waals surface area contributed by atoms with Crippen molar-refractivity contribution in [1.82, 2.24) is 14.5 Å². The van der Waals surface area contributed by atoms with Crippen molar-refractivity contribution in [2.45, 2.75) is 30.6 Å². The number of nitrogens with zero attached hydrogens (tertiary/aromatic N) is 3. The summed E-state index contributed by atoms with van der Waals surface area (Å²) in [6.45, 7) is 2.47. The Morgan fingerprint density at radius 3 is 2.52 bits per heavy atom. The molecule has 162 valence electrons. The summed E-state index contributed by atoms with van der Waals surface area (Å²) in [7, 11) is -3.61. The van der Waals surface area contributed by atoms with Crippen LogP contribution in [0, 0.1) is 6.92 Å². The van der Waals surface area contributed by atoms with Crippen LogP contribution in [0.15, 0.2) is 53.4 Å². The number of amides is 1. The Bertz CT molecular complexity index is 1190. The van der Waals surface area contributed by atoms with Crippen LogP contribution in [0.5, 0.6) is 0 Å². The summed E-state index contributed by atoms with van der Waals surface area (Å²) in [6, 6.07) is 14.1. The van der Waals surface area contributed by atoms with E-state index in [1.54, 1.807) is 37.3 Å². The third kappa shape index (κ3) is 4.64. The van der Waals surface area contributed by atoms with Crippen LogP contribution in [0.3, 0.4) is 0 Å². The van der Waals surface area contributed by atoms with Gasteiger partial charge in [-0.25, -0.2) is 8.42 Å². The maximum atomic E-state index is 13.1. The fourth-order valence-electron chi connectivity index (χ4n) is 3.55. The molecule has 31 heavy (non-hydrogen) atoms. The van der Waals surface area contributed by atoms with Crippen molar-refractivity contribution in [3.8, 4) is 0 Å². The Morgan fingerprint density at radius 2 is 1.81 bits per heavy atom. The van der Waals surface area contributed by atoms with E-state index in [1.165, 1.54) is 15.6 Å². The van der Waals surface area contributed by atoms with Gasteiger partial charge in [0.1, 0.15) is 5.01 Å². The van der Waals surface area contributed by atoms with Crippen molar-refractivity contribution >= 4 is 44.6 Å². The number of anilines is 1. The van der Waals surface area contributed by atoms with E-state index in [0.29, 0.717) is 47.2 Å². The predicted octanol–water partition coefficient (Wildman–Crippen LogP) is 4.32. The minimum absolute atomic E-state index is 0.0719. The highest BCUT2D eigenvalue weighted by Gasteiger charge is 2.32. The van der Waals surface area contributed by atoms with Crippen LogP contribution in [-0.4, -0.2) is 41.9 Å². The van der Waals surface area contributed by atoms with Crippen LogP contribution < -0.4 is 5.32 Å². The molecule has 1 amide bonds. The maximum absolute atomic E-state index is 13.1. The molecule has 0 saturated carbocycles. The lowest BCUT2D eigenvalue weighted by atomic mass is 9.99. The van der Waals surface area contributed by atoms with Crippen molar-refractivity contribution in [2.75, 3.05) is 18.4 Å². The number of hydrogen-bond acceptors (Lipinski definition) is 6. The number of hydrogen-bond donors (Lipinski definition) is 1. The number of carbonyl (C=O) groups excluding carboxylic acids is 1. The lowest BCUT2D eigenvalue weighted by Gasteiger charge is -2.30. The fourth-order valence-corrected chi connectivity index (χ4v) is 6.40. The summed E-state index contributed by atoms with van der Waals surface area (Å²) in [5.41, 5.74) is 1.25. The van der Waals surface area contributed by atoms with Gasteiger partial charge >= 0.3 is 0 Å². The van der Waals surface area contributed by atoms with Crippen molar-refractivity contribution in [3.05, 3.63) is 69.1 Å². The zero-order valence-corrected chi connectivity index (χ0v) is 19.2. The molecule has 2 aromatic carbocycles. The van der Waals surface area contributed by atoms with Crippen molar-refractivity contribution in [1.29, 1.82) is 0 Å². The molecule has 0 atom stereocenters. The molecule has 1 aliphatic rings. The molecule has 1 aromatic heterocycles. The zero-order chi connectivity index (χ0) is 22.0. The quantitative estimate of drug-likeness (QED) is 0.592. The molecule has 0 unspecified atom stereocenters. The number of halogens is 1. The zero-order valence-electron chi connectivity index (χ0n) is 16.8. The van der Waals surface area contributed by atoms with E-state index in [9.17, 15) is 13.2 Å². The van der Waals surface area contributed by atoms with Crippen LogP contribution >= 0.6 is 22.9 Å². The van der Waals surface area contributed by atoms with E-state index in [0.717, 1.165) is 5.01 Å². The molecule has 10 heteroatoms.